The molecular formula is C12H25NO2. The third-order valence-corrected chi connectivity index (χ3v) is 3.92. The van der Waals surface area contributed by atoms with E-state index in [0.29, 0.717) is 38.2 Å². The lowest BCUT2D eigenvalue weighted by atomic mass is 9.65. The second-order valence-corrected chi connectivity index (χ2v) is 5.06. The minimum Gasteiger partial charge on any atom is -0.376 e. The van der Waals surface area contributed by atoms with Gasteiger partial charge in [-0.1, -0.05) is 27.7 Å². The Morgan fingerprint density at radius 1 is 1.20 bits per heavy atom. The van der Waals surface area contributed by atoms with Crippen molar-refractivity contribution < 1.29 is 9.47 Å². The van der Waals surface area contributed by atoms with Crippen LogP contribution in [0.5, 0.6) is 0 Å². The van der Waals surface area contributed by atoms with E-state index in [0.717, 1.165) is 0 Å². The molecule has 1 unspecified atom stereocenters. The quantitative estimate of drug-likeness (QED) is 0.775. The molecule has 1 heterocycles. The number of hydrogen-bond donors (Lipinski definition) is 1. The Balaban J connectivity index is 2.86. The van der Waals surface area contributed by atoms with Crippen molar-refractivity contribution in [2.24, 2.45) is 23.0 Å². The zero-order valence-electron chi connectivity index (χ0n) is 10.5. The molecule has 15 heavy (non-hydrogen) atoms. The summed E-state index contributed by atoms with van der Waals surface area (Å²) in [4.78, 5) is 0. The van der Waals surface area contributed by atoms with Gasteiger partial charge in [0, 0.05) is 12.0 Å². The molecule has 0 bridgehead atoms. The van der Waals surface area contributed by atoms with Crippen LogP contribution in [-0.4, -0.2) is 32.5 Å². The van der Waals surface area contributed by atoms with Gasteiger partial charge >= 0.3 is 0 Å². The first-order valence-corrected chi connectivity index (χ1v) is 5.95. The van der Waals surface area contributed by atoms with Crippen LogP contribution in [0.1, 0.15) is 27.7 Å². The summed E-state index contributed by atoms with van der Waals surface area (Å²) in [7, 11) is 0. The van der Waals surface area contributed by atoms with Gasteiger partial charge in [0.25, 0.3) is 0 Å². The minimum atomic E-state index is 0.0421. The van der Waals surface area contributed by atoms with Crippen LogP contribution in [0.3, 0.4) is 0 Å². The van der Waals surface area contributed by atoms with Crippen molar-refractivity contribution in [1.29, 1.82) is 0 Å². The molecule has 90 valence electrons. The average molecular weight is 215 g/mol. The lowest BCUT2D eigenvalue weighted by Gasteiger charge is -2.47. The first-order valence-electron chi connectivity index (χ1n) is 5.95. The third kappa shape index (κ3) is 2.35. The van der Waals surface area contributed by atoms with E-state index in [1.807, 2.05) is 0 Å². The molecule has 0 saturated carbocycles. The fraction of sp³-hybridized carbons (Fsp3) is 1.00. The second-order valence-electron chi connectivity index (χ2n) is 5.06. The fourth-order valence-corrected chi connectivity index (χ4v) is 2.81. The maximum absolute atomic E-state index is 6.00. The van der Waals surface area contributed by atoms with Crippen molar-refractivity contribution in [3.05, 3.63) is 0 Å². The van der Waals surface area contributed by atoms with Gasteiger partial charge in [0.1, 0.15) is 0 Å². The van der Waals surface area contributed by atoms with E-state index < -0.39 is 0 Å². The molecule has 3 nitrogen and oxygen atoms in total. The molecule has 1 aliphatic rings. The highest BCUT2D eigenvalue weighted by Gasteiger charge is 2.44. The summed E-state index contributed by atoms with van der Waals surface area (Å²) in [5.74, 6) is 1.02. The molecule has 1 rings (SSSR count). The van der Waals surface area contributed by atoms with Crippen molar-refractivity contribution in [2.75, 3.05) is 26.4 Å². The first kappa shape index (κ1) is 12.9. The molecule has 0 aliphatic carbocycles. The predicted molar refractivity (Wildman–Crippen MR) is 61.7 cm³/mol. The summed E-state index contributed by atoms with van der Waals surface area (Å²) in [5, 5.41) is 0. The summed E-state index contributed by atoms with van der Waals surface area (Å²) in [6.45, 7) is 11.7. The standard InChI is InChI=1S/C12H25NO2/c1-9(2)12(8-13,10(3)4)11-7-14-5-6-15-11/h9-11H,5-8,13H2,1-4H3. The van der Waals surface area contributed by atoms with Crippen LogP contribution in [0.25, 0.3) is 0 Å². The molecule has 0 aromatic carbocycles. The van der Waals surface area contributed by atoms with E-state index in [2.05, 4.69) is 27.7 Å². The second kappa shape index (κ2) is 5.28. The van der Waals surface area contributed by atoms with Gasteiger partial charge in [-0.25, -0.2) is 0 Å². The number of nitrogens with two attached hydrogens (primary N) is 1. The average Bonchev–Trinajstić information content (AvgIpc) is 2.20. The first-order chi connectivity index (χ1) is 7.05. The Kier molecular flexibility index (Phi) is 4.56. The molecule has 1 atom stereocenters. The number of rotatable bonds is 4. The molecule has 0 amide bonds. The molecule has 1 fully saturated rings. The van der Waals surface area contributed by atoms with Crippen LogP contribution >= 0.6 is 0 Å². The summed E-state index contributed by atoms with van der Waals surface area (Å²) in [6, 6.07) is 0. The zero-order valence-corrected chi connectivity index (χ0v) is 10.5. The summed E-state index contributed by atoms with van der Waals surface area (Å²) in [5.41, 5.74) is 6.05. The highest BCUT2D eigenvalue weighted by Crippen LogP contribution is 2.40. The normalized spacial score (nSPS) is 23.8. The maximum Gasteiger partial charge on any atom is 0.0882 e. The summed E-state index contributed by atoms with van der Waals surface area (Å²) < 4.78 is 11.4. The van der Waals surface area contributed by atoms with E-state index in [1.54, 1.807) is 0 Å². The smallest absolute Gasteiger partial charge is 0.0882 e. The van der Waals surface area contributed by atoms with Gasteiger partial charge in [-0.3, -0.25) is 0 Å². The molecule has 0 aromatic rings. The highest BCUT2D eigenvalue weighted by molar-refractivity contribution is 4.94. The van der Waals surface area contributed by atoms with Gasteiger partial charge in [-0.2, -0.15) is 0 Å². The van der Waals surface area contributed by atoms with E-state index in [1.165, 1.54) is 0 Å². The third-order valence-electron chi connectivity index (χ3n) is 3.92. The number of hydrogen-bond acceptors (Lipinski definition) is 3. The summed E-state index contributed by atoms with van der Waals surface area (Å²) >= 11 is 0. The molecule has 0 spiro atoms. The van der Waals surface area contributed by atoms with Crippen molar-refractivity contribution in [3.8, 4) is 0 Å². The molecule has 3 heteroatoms. The van der Waals surface area contributed by atoms with Crippen molar-refractivity contribution in [2.45, 2.75) is 33.8 Å². The molecule has 0 aromatic heterocycles. The lowest BCUT2D eigenvalue weighted by Crippen LogP contribution is -2.54. The summed E-state index contributed by atoms with van der Waals surface area (Å²) in [6.07, 6.45) is 0.149. The van der Waals surface area contributed by atoms with Gasteiger partial charge < -0.3 is 15.2 Å². The molecule has 0 radical (unpaired) electrons. The highest BCUT2D eigenvalue weighted by atomic mass is 16.6. The minimum absolute atomic E-state index is 0.0421. The van der Waals surface area contributed by atoms with Crippen LogP contribution in [-0.2, 0) is 9.47 Å². The Morgan fingerprint density at radius 2 is 1.80 bits per heavy atom. The SMILES string of the molecule is CC(C)C(CN)(C(C)C)C1COCCO1. The van der Waals surface area contributed by atoms with Crippen molar-refractivity contribution in [3.63, 3.8) is 0 Å². The largest absolute Gasteiger partial charge is 0.376 e. The fourth-order valence-electron chi connectivity index (χ4n) is 2.81. The lowest BCUT2D eigenvalue weighted by molar-refractivity contribution is -0.164. The van der Waals surface area contributed by atoms with E-state index in [9.17, 15) is 0 Å². The molecule has 1 saturated heterocycles. The predicted octanol–water partition coefficient (Wildman–Crippen LogP) is 1.66. The van der Waals surface area contributed by atoms with Crippen molar-refractivity contribution in [1.82, 2.24) is 0 Å². The Labute approximate surface area is 93.3 Å². The van der Waals surface area contributed by atoms with Crippen molar-refractivity contribution >= 4 is 0 Å². The molecule has 1 aliphatic heterocycles. The van der Waals surface area contributed by atoms with Crippen LogP contribution in [0.15, 0.2) is 0 Å². The van der Waals surface area contributed by atoms with Crippen LogP contribution in [0, 0.1) is 17.3 Å². The molecule has 2 N–H and O–H groups in total. The Bertz CT molecular complexity index is 178. The topological polar surface area (TPSA) is 44.5 Å². The van der Waals surface area contributed by atoms with Crippen LogP contribution in [0.4, 0.5) is 0 Å². The maximum atomic E-state index is 6.00. The number of ether oxygens (including phenoxy) is 2. The van der Waals surface area contributed by atoms with Gasteiger partial charge in [-0.05, 0) is 11.8 Å². The van der Waals surface area contributed by atoms with E-state index in [-0.39, 0.29) is 11.5 Å². The van der Waals surface area contributed by atoms with Crippen LogP contribution in [0.2, 0.25) is 0 Å². The van der Waals surface area contributed by atoms with Gasteiger partial charge in [0.15, 0.2) is 0 Å². The van der Waals surface area contributed by atoms with Gasteiger partial charge in [0.2, 0.25) is 0 Å². The van der Waals surface area contributed by atoms with Gasteiger partial charge in [0.05, 0.1) is 25.9 Å². The van der Waals surface area contributed by atoms with E-state index >= 15 is 0 Å². The monoisotopic (exact) mass is 215 g/mol. The zero-order chi connectivity index (χ0) is 11.5. The Hall–Kier alpha value is -0.120. The molecular weight excluding hydrogens is 190 g/mol. The van der Waals surface area contributed by atoms with E-state index in [4.69, 9.17) is 15.2 Å². The Morgan fingerprint density at radius 3 is 2.13 bits per heavy atom. The van der Waals surface area contributed by atoms with Crippen LogP contribution < -0.4 is 5.73 Å². The van der Waals surface area contributed by atoms with Gasteiger partial charge in [-0.15, -0.1) is 0 Å².